The van der Waals surface area contributed by atoms with Gasteiger partial charge in [-0.1, -0.05) is 19.1 Å². The molecular formula is C15H18N2O4. The second kappa shape index (κ2) is 5.65. The average molecular weight is 290 g/mol. The Balaban J connectivity index is 2.34. The number of anilines is 1. The van der Waals surface area contributed by atoms with Crippen LogP contribution in [-0.4, -0.2) is 28.9 Å². The van der Waals surface area contributed by atoms with Gasteiger partial charge in [-0.05, 0) is 24.1 Å². The van der Waals surface area contributed by atoms with Crippen LogP contribution in [0.3, 0.4) is 0 Å². The minimum atomic E-state index is -1.20. The lowest BCUT2D eigenvalue weighted by molar-refractivity contribution is -0.145. The van der Waals surface area contributed by atoms with E-state index in [4.69, 9.17) is 0 Å². The van der Waals surface area contributed by atoms with Crippen LogP contribution in [0.2, 0.25) is 0 Å². The number of hydrogen-bond acceptors (Lipinski definition) is 4. The molecule has 2 rings (SSSR count). The molecule has 3 N–H and O–H groups in total. The zero-order valence-electron chi connectivity index (χ0n) is 12.0. The molecule has 3 amide bonds. The summed E-state index contributed by atoms with van der Waals surface area (Å²) < 4.78 is 0. The molecule has 6 heteroatoms. The Morgan fingerprint density at radius 3 is 2.52 bits per heavy atom. The van der Waals surface area contributed by atoms with Gasteiger partial charge in [0.15, 0.2) is 0 Å². The van der Waals surface area contributed by atoms with E-state index in [2.05, 4.69) is 10.6 Å². The maximum absolute atomic E-state index is 12.3. The third-order valence-corrected chi connectivity index (χ3v) is 3.88. The van der Waals surface area contributed by atoms with Gasteiger partial charge in [0.05, 0.1) is 5.41 Å². The molecule has 1 fully saturated rings. The molecule has 1 heterocycles. The Kier molecular flexibility index (Phi) is 4.09. The lowest BCUT2D eigenvalue weighted by atomic mass is 9.71. The van der Waals surface area contributed by atoms with Gasteiger partial charge >= 0.3 is 0 Å². The highest BCUT2D eigenvalue weighted by Crippen LogP contribution is 2.36. The Bertz CT molecular complexity index is 582. The van der Waals surface area contributed by atoms with E-state index in [1.165, 1.54) is 6.92 Å². The van der Waals surface area contributed by atoms with E-state index in [-0.39, 0.29) is 12.3 Å². The van der Waals surface area contributed by atoms with Crippen molar-refractivity contribution >= 4 is 23.4 Å². The van der Waals surface area contributed by atoms with Crippen LogP contribution in [0.25, 0.3) is 0 Å². The molecule has 1 aromatic carbocycles. The van der Waals surface area contributed by atoms with Gasteiger partial charge in [0.1, 0.15) is 6.10 Å². The topological polar surface area (TPSA) is 95.5 Å². The molecule has 0 radical (unpaired) electrons. The second-order valence-corrected chi connectivity index (χ2v) is 5.23. The maximum atomic E-state index is 12.3. The zero-order chi connectivity index (χ0) is 15.6. The van der Waals surface area contributed by atoms with Gasteiger partial charge in [0, 0.05) is 19.0 Å². The van der Waals surface area contributed by atoms with Crippen molar-refractivity contribution in [3.8, 4) is 0 Å². The summed E-state index contributed by atoms with van der Waals surface area (Å²) in [6, 6.07) is 6.86. The monoisotopic (exact) mass is 290 g/mol. The number of carbonyl (C=O) groups is 3. The summed E-state index contributed by atoms with van der Waals surface area (Å²) in [5.74, 6) is -1.23. The van der Waals surface area contributed by atoms with Crippen LogP contribution < -0.4 is 10.6 Å². The summed E-state index contributed by atoms with van der Waals surface area (Å²) in [7, 11) is 0. The number of rotatable bonds is 3. The molecule has 0 saturated carbocycles. The van der Waals surface area contributed by atoms with E-state index in [1.54, 1.807) is 24.3 Å². The summed E-state index contributed by atoms with van der Waals surface area (Å²) in [5.41, 5.74) is 0.413. The van der Waals surface area contributed by atoms with E-state index >= 15 is 0 Å². The van der Waals surface area contributed by atoms with Crippen molar-refractivity contribution in [2.75, 3.05) is 5.32 Å². The van der Waals surface area contributed by atoms with Crippen molar-refractivity contribution in [3.63, 3.8) is 0 Å². The Morgan fingerprint density at radius 2 is 2.00 bits per heavy atom. The molecule has 0 bridgehead atoms. The van der Waals surface area contributed by atoms with Crippen molar-refractivity contribution in [1.29, 1.82) is 0 Å². The van der Waals surface area contributed by atoms with Crippen LogP contribution in [0.4, 0.5) is 5.69 Å². The predicted molar refractivity (Wildman–Crippen MR) is 76.5 cm³/mol. The van der Waals surface area contributed by atoms with Gasteiger partial charge in [-0.3, -0.25) is 19.7 Å². The number of piperidine rings is 1. The molecule has 21 heavy (non-hydrogen) atoms. The van der Waals surface area contributed by atoms with Gasteiger partial charge in [-0.2, -0.15) is 0 Å². The summed E-state index contributed by atoms with van der Waals surface area (Å²) >= 11 is 0. The SMILES string of the molecule is CCC1(c2ccc(NC(C)=O)cc2)CC(O)C(=O)NC1=O. The highest BCUT2D eigenvalue weighted by molar-refractivity contribution is 6.05. The van der Waals surface area contributed by atoms with Crippen LogP contribution >= 0.6 is 0 Å². The van der Waals surface area contributed by atoms with Crippen LogP contribution in [0.1, 0.15) is 32.3 Å². The molecule has 112 valence electrons. The van der Waals surface area contributed by atoms with Gasteiger partial charge < -0.3 is 10.4 Å². The number of nitrogens with one attached hydrogen (secondary N) is 2. The number of benzene rings is 1. The molecule has 0 aliphatic carbocycles. The van der Waals surface area contributed by atoms with Gasteiger partial charge in [0.25, 0.3) is 5.91 Å². The van der Waals surface area contributed by atoms with E-state index in [1.807, 2.05) is 6.92 Å². The van der Waals surface area contributed by atoms with Gasteiger partial charge in [-0.25, -0.2) is 0 Å². The van der Waals surface area contributed by atoms with Crippen LogP contribution in [0.5, 0.6) is 0 Å². The van der Waals surface area contributed by atoms with Gasteiger partial charge in [-0.15, -0.1) is 0 Å². The number of imide groups is 1. The molecule has 0 spiro atoms. The first-order valence-corrected chi connectivity index (χ1v) is 6.80. The van der Waals surface area contributed by atoms with Crippen LogP contribution in [-0.2, 0) is 19.8 Å². The summed E-state index contributed by atoms with van der Waals surface area (Å²) in [6.45, 7) is 3.25. The normalized spacial score (nSPS) is 25.4. The first-order valence-electron chi connectivity index (χ1n) is 6.80. The molecule has 6 nitrogen and oxygen atoms in total. The minimum absolute atomic E-state index is 0.0631. The highest BCUT2D eigenvalue weighted by atomic mass is 16.3. The molecule has 1 aromatic rings. The van der Waals surface area contributed by atoms with Gasteiger partial charge in [0.2, 0.25) is 11.8 Å². The van der Waals surface area contributed by atoms with Crippen molar-refractivity contribution in [2.24, 2.45) is 0 Å². The fraction of sp³-hybridized carbons (Fsp3) is 0.400. The van der Waals surface area contributed by atoms with Crippen molar-refractivity contribution < 1.29 is 19.5 Å². The average Bonchev–Trinajstić information content (AvgIpc) is 2.43. The lowest BCUT2D eigenvalue weighted by Crippen LogP contribution is -2.57. The summed E-state index contributed by atoms with van der Waals surface area (Å²) in [6.07, 6.45) is -0.672. The quantitative estimate of drug-likeness (QED) is 0.714. The fourth-order valence-electron chi connectivity index (χ4n) is 2.66. The summed E-state index contributed by atoms with van der Waals surface area (Å²) in [5, 5.41) is 14.6. The number of carbonyl (C=O) groups excluding carboxylic acids is 3. The minimum Gasteiger partial charge on any atom is -0.383 e. The predicted octanol–water partition coefficient (Wildman–Crippen LogP) is 0.700. The molecule has 2 atom stereocenters. The number of aliphatic hydroxyl groups excluding tert-OH is 1. The number of aliphatic hydroxyl groups is 1. The van der Waals surface area contributed by atoms with E-state index in [0.717, 1.165) is 0 Å². The highest BCUT2D eigenvalue weighted by Gasteiger charge is 2.46. The first kappa shape index (κ1) is 15.2. The first-order chi connectivity index (χ1) is 9.89. The van der Waals surface area contributed by atoms with E-state index in [9.17, 15) is 19.5 Å². The number of amides is 3. The lowest BCUT2D eigenvalue weighted by Gasteiger charge is -2.37. The van der Waals surface area contributed by atoms with E-state index in [0.29, 0.717) is 17.7 Å². The molecule has 1 aliphatic rings. The summed E-state index contributed by atoms with van der Waals surface area (Å²) in [4.78, 5) is 34.6. The second-order valence-electron chi connectivity index (χ2n) is 5.23. The molecular weight excluding hydrogens is 272 g/mol. The standard InChI is InChI=1S/C15H18N2O4/c1-3-15(8-12(19)13(20)17-14(15)21)10-4-6-11(7-5-10)16-9(2)18/h4-7,12,19H,3,8H2,1-2H3,(H,16,18)(H,17,20,21). The maximum Gasteiger partial charge on any atom is 0.255 e. The van der Waals surface area contributed by atoms with Crippen molar-refractivity contribution in [2.45, 2.75) is 38.2 Å². The third kappa shape index (κ3) is 2.80. The smallest absolute Gasteiger partial charge is 0.255 e. The molecule has 2 unspecified atom stereocenters. The number of hydrogen-bond donors (Lipinski definition) is 3. The Labute approximate surface area is 122 Å². The largest absolute Gasteiger partial charge is 0.383 e. The van der Waals surface area contributed by atoms with E-state index < -0.39 is 23.3 Å². The Hall–Kier alpha value is -2.21. The Morgan fingerprint density at radius 1 is 1.38 bits per heavy atom. The fourth-order valence-corrected chi connectivity index (χ4v) is 2.66. The molecule has 0 aromatic heterocycles. The van der Waals surface area contributed by atoms with Crippen LogP contribution in [0, 0.1) is 0 Å². The van der Waals surface area contributed by atoms with Crippen molar-refractivity contribution in [3.05, 3.63) is 29.8 Å². The van der Waals surface area contributed by atoms with Crippen LogP contribution in [0.15, 0.2) is 24.3 Å². The zero-order valence-corrected chi connectivity index (χ0v) is 12.0. The third-order valence-electron chi connectivity index (χ3n) is 3.88. The molecule has 1 saturated heterocycles. The van der Waals surface area contributed by atoms with Crippen molar-refractivity contribution in [1.82, 2.24) is 5.32 Å². The molecule has 1 aliphatic heterocycles.